The third kappa shape index (κ3) is 3.36. The Kier molecular flexibility index (Phi) is 4.10. The van der Waals surface area contributed by atoms with Crippen molar-refractivity contribution in [1.29, 1.82) is 0 Å². The van der Waals surface area contributed by atoms with Gasteiger partial charge in [0, 0.05) is 22.9 Å². The van der Waals surface area contributed by atoms with Crippen LogP contribution in [0.2, 0.25) is 0 Å². The van der Waals surface area contributed by atoms with Gasteiger partial charge in [0.25, 0.3) is 0 Å². The molecule has 2 aromatic rings. The number of amides is 1. The number of para-hydroxylation sites is 1. The van der Waals surface area contributed by atoms with Crippen LogP contribution in [0.1, 0.15) is 0 Å². The molecule has 5 heteroatoms. The molecule has 3 rings (SSSR count). The third-order valence-electron chi connectivity index (χ3n) is 3.27. The first kappa shape index (κ1) is 13.9. The van der Waals surface area contributed by atoms with Crippen molar-refractivity contribution in [3.05, 3.63) is 54.3 Å². The van der Waals surface area contributed by atoms with Crippen molar-refractivity contribution in [2.45, 2.75) is 4.90 Å². The molecule has 108 valence electrons. The van der Waals surface area contributed by atoms with Gasteiger partial charge in [0.05, 0.1) is 12.2 Å². The number of thioether (sulfide) groups is 1. The van der Waals surface area contributed by atoms with Crippen LogP contribution in [0.15, 0.2) is 53.4 Å². The Morgan fingerprint density at radius 1 is 1.24 bits per heavy atom. The van der Waals surface area contributed by atoms with Gasteiger partial charge in [-0.15, -0.1) is 11.8 Å². The summed E-state index contributed by atoms with van der Waals surface area (Å²) in [6, 6.07) is 14.0. The quantitative estimate of drug-likeness (QED) is 0.943. The molecule has 3 nitrogen and oxygen atoms in total. The highest BCUT2D eigenvalue weighted by Gasteiger charge is 2.19. The number of carbonyl (C=O) groups is 1. The topological polar surface area (TPSA) is 32.3 Å². The lowest BCUT2D eigenvalue weighted by molar-refractivity contribution is -0.115. The van der Waals surface area contributed by atoms with Gasteiger partial charge in [-0.3, -0.25) is 4.79 Å². The smallest absolute Gasteiger partial charge is 0.243 e. The second-order valence-electron chi connectivity index (χ2n) is 4.80. The highest BCUT2D eigenvalue weighted by Crippen LogP contribution is 2.33. The fourth-order valence-corrected chi connectivity index (χ4v) is 3.38. The molecule has 1 N–H and O–H groups in total. The molecule has 1 aliphatic heterocycles. The first-order chi connectivity index (χ1) is 10.2. The summed E-state index contributed by atoms with van der Waals surface area (Å²) in [6.07, 6.45) is 0. The number of hydrogen-bond acceptors (Lipinski definition) is 3. The van der Waals surface area contributed by atoms with E-state index in [2.05, 4.69) is 16.3 Å². The summed E-state index contributed by atoms with van der Waals surface area (Å²) in [5.74, 6) is 0.472. The van der Waals surface area contributed by atoms with Crippen LogP contribution < -0.4 is 10.2 Å². The molecule has 0 fully saturated rings. The van der Waals surface area contributed by atoms with Gasteiger partial charge in [-0.25, -0.2) is 4.39 Å². The van der Waals surface area contributed by atoms with Crippen LogP contribution in [0.4, 0.5) is 15.8 Å². The SMILES string of the molecule is O=C(CN1CCSc2ccccc21)Nc1cccc(F)c1. The van der Waals surface area contributed by atoms with Crippen molar-refractivity contribution in [1.82, 2.24) is 0 Å². The minimum Gasteiger partial charge on any atom is -0.360 e. The molecule has 21 heavy (non-hydrogen) atoms. The van der Waals surface area contributed by atoms with E-state index in [4.69, 9.17) is 0 Å². The van der Waals surface area contributed by atoms with E-state index in [1.54, 1.807) is 23.9 Å². The Labute approximate surface area is 127 Å². The Morgan fingerprint density at radius 3 is 2.95 bits per heavy atom. The molecule has 0 aliphatic carbocycles. The highest BCUT2D eigenvalue weighted by molar-refractivity contribution is 7.99. The van der Waals surface area contributed by atoms with Gasteiger partial charge in [-0.05, 0) is 30.3 Å². The van der Waals surface area contributed by atoms with Crippen molar-refractivity contribution in [3.63, 3.8) is 0 Å². The standard InChI is InChI=1S/C16H15FN2OS/c17-12-4-3-5-13(10-12)18-16(20)11-19-8-9-21-15-7-2-1-6-14(15)19/h1-7,10H,8-9,11H2,(H,18,20). The second kappa shape index (κ2) is 6.18. The van der Waals surface area contributed by atoms with Crippen molar-refractivity contribution >= 4 is 29.0 Å². The van der Waals surface area contributed by atoms with Gasteiger partial charge in [0.2, 0.25) is 5.91 Å². The van der Waals surface area contributed by atoms with E-state index in [1.807, 2.05) is 18.2 Å². The predicted octanol–water partition coefficient (Wildman–Crippen LogP) is 3.38. The molecule has 0 atom stereocenters. The Morgan fingerprint density at radius 2 is 2.10 bits per heavy atom. The van der Waals surface area contributed by atoms with Crippen LogP contribution in [0.25, 0.3) is 0 Å². The van der Waals surface area contributed by atoms with Crippen molar-refractivity contribution in [2.24, 2.45) is 0 Å². The van der Waals surface area contributed by atoms with Gasteiger partial charge in [0.15, 0.2) is 0 Å². The summed E-state index contributed by atoms with van der Waals surface area (Å²) in [5, 5.41) is 2.73. The lowest BCUT2D eigenvalue weighted by Gasteiger charge is -2.30. The second-order valence-corrected chi connectivity index (χ2v) is 5.93. The number of carbonyl (C=O) groups excluding carboxylic acids is 1. The summed E-state index contributed by atoms with van der Waals surface area (Å²) in [7, 11) is 0. The number of rotatable bonds is 3. The van der Waals surface area contributed by atoms with E-state index in [1.165, 1.54) is 17.0 Å². The molecule has 1 heterocycles. The van der Waals surface area contributed by atoms with E-state index in [-0.39, 0.29) is 18.3 Å². The summed E-state index contributed by atoms with van der Waals surface area (Å²) in [5.41, 5.74) is 1.57. The molecule has 0 bridgehead atoms. The summed E-state index contributed by atoms with van der Waals surface area (Å²) < 4.78 is 13.1. The van der Waals surface area contributed by atoms with Crippen LogP contribution in [0.5, 0.6) is 0 Å². The Balaban J connectivity index is 1.68. The van der Waals surface area contributed by atoms with E-state index in [0.29, 0.717) is 5.69 Å². The van der Waals surface area contributed by atoms with Crippen molar-refractivity contribution in [2.75, 3.05) is 29.1 Å². The van der Waals surface area contributed by atoms with Gasteiger partial charge >= 0.3 is 0 Å². The van der Waals surface area contributed by atoms with E-state index in [0.717, 1.165) is 18.0 Å². The van der Waals surface area contributed by atoms with Gasteiger partial charge in [0.1, 0.15) is 5.82 Å². The molecule has 0 saturated heterocycles. The van der Waals surface area contributed by atoms with Crippen molar-refractivity contribution in [3.8, 4) is 0 Å². The summed E-state index contributed by atoms with van der Waals surface area (Å²) >= 11 is 1.80. The molecule has 2 aromatic carbocycles. The summed E-state index contributed by atoms with van der Waals surface area (Å²) in [4.78, 5) is 15.4. The molecule has 0 spiro atoms. The van der Waals surface area contributed by atoms with E-state index in [9.17, 15) is 9.18 Å². The number of nitrogens with zero attached hydrogens (tertiary/aromatic N) is 1. The number of benzene rings is 2. The largest absolute Gasteiger partial charge is 0.360 e. The molecule has 0 unspecified atom stereocenters. The number of halogens is 1. The first-order valence-electron chi connectivity index (χ1n) is 6.74. The molecular formula is C16H15FN2OS. The lowest BCUT2D eigenvalue weighted by Crippen LogP contribution is -2.36. The Hall–Kier alpha value is -2.01. The van der Waals surface area contributed by atoms with Gasteiger partial charge in [-0.2, -0.15) is 0 Å². The number of anilines is 2. The average molecular weight is 302 g/mol. The zero-order valence-corrected chi connectivity index (χ0v) is 12.2. The maximum atomic E-state index is 13.1. The monoisotopic (exact) mass is 302 g/mol. The average Bonchev–Trinajstić information content (AvgIpc) is 2.47. The number of fused-ring (bicyclic) bond motifs is 1. The lowest BCUT2D eigenvalue weighted by atomic mass is 10.2. The minimum absolute atomic E-state index is 0.137. The molecule has 1 amide bonds. The molecule has 1 aliphatic rings. The third-order valence-corrected chi connectivity index (χ3v) is 4.31. The van der Waals surface area contributed by atoms with Gasteiger partial charge in [-0.1, -0.05) is 18.2 Å². The van der Waals surface area contributed by atoms with Crippen LogP contribution in [-0.2, 0) is 4.79 Å². The van der Waals surface area contributed by atoms with Crippen LogP contribution in [0, 0.1) is 5.82 Å². The van der Waals surface area contributed by atoms with Gasteiger partial charge < -0.3 is 10.2 Å². The normalized spacial score (nSPS) is 13.7. The maximum Gasteiger partial charge on any atom is 0.243 e. The zero-order chi connectivity index (χ0) is 14.7. The Bertz CT molecular complexity index is 662. The number of nitrogens with one attached hydrogen (secondary N) is 1. The minimum atomic E-state index is -0.354. The zero-order valence-electron chi connectivity index (χ0n) is 11.4. The molecular weight excluding hydrogens is 287 g/mol. The fourth-order valence-electron chi connectivity index (χ4n) is 2.33. The molecule has 0 radical (unpaired) electrons. The van der Waals surface area contributed by atoms with E-state index < -0.39 is 0 Å². The molecule has 0 saturated carbocycles. The predicted molar refractivity (Wildman–Crippen MR) is 84.4 cm³/mol. The number of hydrogen-bond donors (Lipinski definition) is 1. The highest BCUT2D eigenvalue weighted by atomic mass is 32.2. The van der Waals surface area contributed by atoms with Crippen LogP contribution in [-0.4, -0.2) is 24.7 Å². The first-order valence-corrected chi connectivity index (χ1v) is 7.73. The van der Waals surface area contributed by atoms with Crippen LogP contribution >= 0.6 is 11.8 Å². The van der Waals surface area contributed by atoms with Crippen molar-refractivity contribution < 1.29 is 9.18 Å². The molecule has 0 aromatic heterocycles. The van der Waals surface area contributed by atoms with E-state index >= 15 is 0 Å². The summed E-state index contributed by atoms with van der Waals surface area (Å²) in [6.45, 7) is 1.10. The maximum absolute atomic E-state index is 13.1. The fraction of sp³-hybridized carbons (Fsp3) is 0.188. The van der Waals surface area contributed by atoms with Crippen LogP contribution in [0.3, 0.4) is 0 Å².